The van der Waals surface area contributed by atoms with Crippen molar-refractivity contribution in [1.29, 1.82) is 0 Å². The third-order valence-electron chi connectivity index (χ3n) is 6.29. The number of fused-ring (bicyclic) bond motifs is 1. The normalized spacial score (nSPS) is 21.0. The molecule has 2 aromatic carbocycles. The number of hydrogen-bond acceptors (Lipinski definition) is 4. The van der Waals surface area contributed by atoms with Crippen molar-refractivity contribution in [2.24, 2.45) is 5.92 Å². The molecule has 2 saturated heterocycles. The fraction of sp³-hybridized carbons (Fsp3) is 0.417. The predicted octanol–water partition coefficient (Wildman–Crippen LogP) is 2.91. The van der Waals surface area contributed by atoms with E-state index in [1.807, 2.05) is 4.90 Å². The van der Waals surface area contributed by atoms with Crippen molar-refractivity contribution in [2.75, 3.05) is 33.3 Å². The summed E-state index contributed by atoms with van der Waals surface area (Å²) in [5.74, 6) is 0.606. The standard InChI is InChI=1S/C24H28N2O3/c1-29-24(28)13-12-23(27)26-15-20-14-25(22(20)17-26)16-21(18-8-4-2-5-9-18)19-10-6-3-7-11-19/h2-11,20-22H,12-17H2,1H3. The zero-order valence-corrected chi connectivity index (χ0v) is 16.9. The van der Waals surface area contributed by atoms with Crippen molar-refractivity contribution in [3.8, 4) is 0 Å². The molecule has 0 N–H and O–H groups in total. The Morgan fingerprint density at radius 3 is 2.14 bits per heavy atom. The van der Waals surface area contributed by atoms with Crippen molar-refractivity contribution in [2.45, 2.75) is 24.8 Å². The molecular weight excluding hydrogens is 364 g/mol. The zero-order chi connectivity index (χ0) is 20.2. The molecule has 152 valence electrons. The maximum Gasteiger partial charge on any atom is 0.306 e. The molecule has 2 atom stereocenters. The topological polar surface area (TPSA) is 49.9 Å². The van der Waals surface area contributed by atoms with Crippen molar-refractivity contribution in [3.63, 3.8) is 0 Å². The maximum atomic E-state index is 12.5. The van der Waals surface area contributed by atoms with Crippen LogP contribution in [-0.2, 0) is 14.3 Å². The molecule has 0 aromatic heterocycles. The van der Waals surface area contributed by atoms with E-state index in [4.69, 9.17) is 0 Å². The van der Waals surface area contributed by atoms with E-state index in [0.717, 1.165) is 26.2 Å². The molecular formula is C24H28N2O3. The number of amides is 1. The molecule has 2 aliphatic rings. The first kappa shape index (κ1) is 19.6. The number of carbonyl (C=O) groups is 2. The summed E-state index contributed by atoms with van der Waals surface area (Å²) >= 11 is 0. The highest BCUT2D eigenvalue weighted by Crippen LogP contribution is 2.36. The second-order valence-corrected chi connectivity index (χ2v) is 8.03. The molecule has 5 nitrogen and oxygen atoms in total. The highest BCUT2D eigenvalue weighted by Gasteiger charge is 2.47. The number of methoxy groups -OCH3 is 1. The fourth-order valence-corrected chi connectivity index (χ4v) is 4.64. The summed E-state index contributed by atoms with van der Waals surface area (Å²) < 4.78 is 4.64. The van der Waals surface area contributed by atoms with Gasteiger partial charge < -0.3 is 9.64 Å². The molecule has 0 bridgehead atoms. The number of likely N-dealkylation sites (tertiary alicyclic amines) is 2. The summed E-state index contributed by atoms with van der Waals surface area (Å²) in [5, 5.41) is 0. The van der Waals surface area contributed by atoms with E-state index in [9.17, 15) is 9.59 Å². The van der Waals surface area contributed by atoms with Gasteiger partial charge in [0.15, 0.2) is 0 Å². The van der Waals surface area contributed by atoms with Gasteiger partial charge in [-0.05, 0) is 11.1 Å². The van der Waals surface area contributed by atoms with Gasteiger partial charge in [-0.25, -0.2) is 0 Å². The van der Waals surface area contributed by atoms with E-state index in [-0.39, 0.29) is 24.7 Å². The Hall–Kier alpha value is -2.66. The van der Waals surface area contributed by atoms with E-state index < -0.39 is 0 Å². The number of rotatable bonds is 7. The van der Waals surface area contributed by atoms with Crippen LogP contribution in [0.15, 0.2) is 60.7 Å². The minimum absolute atomic E-state index is 0.0624. The van der Waals surface area contributed by atoms with E-state index in [1.54, 1.807) is 0 Å². The molecule has 4 rings (SSSR count). The van der Waals surface area contributed by atoms with Crippen LogP contribution in [0.2, 0.25) is 0 Å². The Labute approximate surface area is 172 Å². The van der Waals surface area contributed by atoms with Crippen LogP contribution in [0.1, 0.15) is 29.9 Å². The molecule has 2 aromatic rings. The Morgan fingerprint density at radius 2 is 1.55 bits per heavy atom. The number of hydrogen-bond donors (Lipinski definition) is 0. The first-order chi connectivity index (χ1) is 14.2. The maximum absolute atomic E-state index is 12.5. The molecule has 5 heteroatoms. The van der Waals surface area contributed by atoms with Crippen LogP contribution < -0.4 is 0 Å². The van der Waals surface area contributed by atoms with Crippen LogP contribution in [-0.4, -0.2) is 61.0 Å². The summed E-state index contributed by atoms with van der Waals surface area (Å²) in [6.45, 7) is 3.56. The molecule has 2 unspecified atom stereocenters. The van der Waals surface area contributed by atoms with E-state index in [1.165, 1.54) is 18.2 Å². The van der Waals surface area contributed by atoms with Gasteiger partial charge in [0.25, 0.3) is 0 Å². The van der Waals surface area contributed by atoms with Gasteiger partial charge in [0.1, 0.15) is 0 Å². The van der Waals surface area contributed by atoms with Gasteiger partial charge in [0.05, 0.1) is 13.5 Å². The summed E-state index contributed by atoms with van der Waals surface area (Å²) in [5.41, 5.74) is 2.65. The minimum atomic E-state index is -0.323. The summed E-state index contributed by atoms with van der Waals surface area (Å²) in [6.07, 6.45) is 0.401. The Balaban J connectivity index is 1.40. The largest absolute Gasteiger partial charge is 0.469 e. The molecule has 0 spiro atoms. The molecule has 29 heavy (non-hydrogen) atoms. The van der Waals surface area contributed by atoms with Crippen molar-refractivity contribution in [1.82, 2.24) is 9.80 Å². The van der Waals surface area contributed by atoms with Gasteiger partial charge in [-0.15, -0.1) is 0 Å². The Morgan fingerprint density at radius 1 is 0.931 bits per heavy atom. The van der Waals surface area contributed by atoms with E-state index in [2.05, 4.69) is 70.3 Å². The fourth-order valence-electron chi connectivity index (χ4n) is 4.64. The number of ether oxygens (including phenoxy) is 1. The van der Waals surface area contributed by atoms with Gasteiger partial charge in [0.2, 0.25) is 5.91 Å². The third-order valence-corrected chi connectivity index (χ3v) is 6.29. The lowest BCUT2D eigenvalue weighted by molar-refractivity contribution is -0.143. The molecule has 0 aliphatic carbocycles. The van der Waals surface area contributed by atoms with Crippen LogP contribution in [0.5, 0.6) is 0 Å². The number of carbonyl (C=O) groups excluding carboxylic acids is 2. The number of nitrogens with zero attached hydrogens (tertiary/aromatic N) is 2. The lowest BCUT2D eigenvalue weighted by Crippen LogP contribution is -2.56. The summed E-state index contributed by atoms with van der Waals surface area (Å²) in [7, 11) is 1.36. The molecule has 2 fully saturated rings. The highest BCUT2D eigenvalue weighted by molar-refractivity contribution is 5.81. The molecule has 2 heterocycles. The summed E-state index contributed by atoms with van der Waals surface area (Å²) in [6, 6.07) is 21.7. The lowest BCUT2D eigenvalue weighted by atomic mass is 9.86. The second kappa shape index (κ2) is 8.78. The number of esters is 1. The smallest absolute Gasteiger partial charge is 0.306 e. The van der Waals surface area contributed by atoms with Gasteiger partial charge in [-0.2, -0.15) is 0 Å². The Kier molecular flexibility index (Phi) is 5.95. The lowest BCUT2D eigenvalue weighted by Gasteiger charge is -2.45. The third kappa shape index (κ3) is 4.35. The van der Waals surface area contributed by atoms with E-state index >= 15 is 0 Å². The molecule has 2 aliphatic heterocycles. The predicted molar refractivity (Wildman–Crippen MR) is 111 cm³/mol. The first-order valence-electron chi connectivity index (χ1n) is 10.3. The second-order valence-electron chi connectivity index (χ2n) is 8.03. The molecule has 0 radical (unpaired) electrons. The van der Waals surface area contributed by atoms with Gasteiger partial charge >= 0.3 is 5.97 Å². The average molecular weight is 392 g/mol. The van der Waals surface area contributed by atoms with Gasteiger partial charge in [0, 0.05) is 50.5 Å². The van der Waals surface area contributed by atoms with Crippen LogP contribution in [0, 0.1) is 5.92 Å². The van der Waals surface area contributed by atoms with Crippen molar-refractivity contribution >= 4 is 11.9 Å². The summed E-state index contributed by atoms with van der Waals surface area (Å²) in [4.78, 5) is 28.2. The highest BCUT2D eigenvalue weighted by atomic mass is 16.5. The average Bonchev–Trinajstić information content (AvgIpc) is 3.10. The van der Waals surface area contributed by atoms with Crippen molar-refractivity contribution in [3.05, 3.63) is 71.8 Å². The van der Waals surface area contributed by atoms with Gasteiger partial charge in [-0.3, -0.25) is 14.5 Å². The first-order valence-corrected chi connectivity index (χ1v) is 10.3. The van der Waals surface area contributed by atoms with Crippen molar-refractivity contribution < 1.29 is 14.3 Å². The van der Waals surface area contributed by atoms with Crippen LogP contribution in [0.4, 0.5) is 0 Å². The molecule has 0 saturated carbocycles. The molecule has 1 amide bonds. The SMILES string of the molecule is COC(=O)CCC(=O)N1CC2CN(CC(c3ccccc3)c3ccccc3)C2C1. The van der Waals surface area contributed by atoms with Crippen LogP contribution >= 0.6 is 0 Å². The minimum Gasteiger partial charge on any atom is -0.469 e. The van der Waals surface area contributed by atoms with Crippen LogP contribution in [0.3, 0.4) is 0 Å². The Bertz CT molecular complexity index is 800. The van der Waals surface area contributed by atoms with Crippen LogP contribution in [0.25, 0.3) is 0 Å². The number of benzene rings is 2. The van der Waals surface area contributed by atoms with Gasteiger partial charge in [-0.1, -0.05) is 60.7 Å². The zero-order valence-electron chi connectivity index (χ0n) is 16.9. The monoisotopic (exact) mass is 392 g/mol. The quantitative estimate of drug-likeness (QED) is 0.680. The van der Waals surface area contributed by atoms with E-state index in [0.29, 0.717) is 17.9 Å².